The summed E-state index contributed by atoms with van der Waals surface area (Å²) in [6, 6.07) is 13.2. The highest BCUT2D eigenvalue weighted by Gasteiger charge is 2.22. The molecular formula is C20H22N2O3. The summed E-state index contributed by atoms with van der Waals surface area (Å²) in [6.45, 7) is 4.58. The van der Waals surface area contributed by atoms with Crippen LogP contribution in [0, 0.1) is 6.92 Å². The Morgan fingerprint density at radius 1 is 1.16 bits per heavy atom. The second-order valence-corrected chi connectivity index (χ2v) is 6.13. The Bertz CT molecular complexity index is 784. The Balaban J connectivity index is 1.62. The molecule has 0 spiro atoms. The van der Waals surface area contributed by atoms with E-state index in [-0.39, 0.29) is 18.4 Å². The molecule has 1 N–H and O–H groups in total. The highest BCUT2D eigenvalue weighted by atomic mass is 16.5. The van der Waals surface area contributed by atoms with Crippen molar-refractivity contribution in [3.8, 4) is 5.75 Å². The third-order valence-electron chi connectivity index (χ3n) is 4.27. The Labute approximate surface area is 147 Å². The van der Waals surface area contributed by atoms with Crippen molar-refractivity contribution in [2.75, 3.05) is 23.4 Å². The van der Waals surface area contributed by atoms with E-state index >= 15 is 0 Å². The second kappa shape index (κ2) is 7.38. The predicted octanol–water partition coefficient (Wildman–Crippen LogP) is 3.31. The van der Waals surface area contributed by atoms with Crippen LogP contribution in [0.15, 0.2) is 42.5 Å². The van der Waals surface area contributed by atoms with Gasteiger partial charge in [-0.1, -0.05) is 17.7 Å². The molecule has 0 radical (unpaired) electrons. The molecular weight excluding hydrogens is 316 g/mol. The molecule has 0 saturated heterocycles. The standard InChI is InChI=1S/C20H22N2O3/c1-3-22-18-10-7-16(12-15(18)6-11-20(22)24)21-19(23)13-25-17-8-4-14(2)5-9-17/h4-5,7-10,12H,3,6,11,13H2,1-2H3,(H,21,23). The first-order chi connectivity index (χ1) is 12.1. The number of rotatable bonds is 5. The topological polar surface area (TPSA) is 58.6 Å². The van der Waals surface area contributed by atoms with Gasteiger partial charge in [-0.2, -0.15) is 0 Å². The molecule has 0 unspecified atom stereocenters. The van der Waals surface area contributed by atoms with Crippen LogP contribution in [0.5, 0.6) is 5.75 Å². The van der Waals surface area contributed by atoms with E-state index in [1.807, 2.05) is 56.3 Å². The molecule has 2 aromatic rings. The van der Waals surface area contributed by atoms with E-state index in [9.17, 15) is 9.59 Å². The van der Waals surface area contributed by atoms with Gasteiger partial charge in [0, 0.05) is 24.3 Å². The minimum absolute atomic E-state index is 0.0419. The molecule has 5 heteroatoms. The van der Waals surface area contributed by atoms with E-state index in [0.29, 0.717) is 25.1 Å². The van der Waals surface area contributed by atoms with Crippen molar-refractivity contribution >= 4 is 23.2 Å². The molecule has 0 saturated carbocycles. The van der Waals surface area contributed by atoms with E-state index in [1.54, 1.807) is 4.90 Å². The molecule has 1 heterocycles. The number of hydrogen-bond donors (Lipinski definition) is 1. The lowest BCUT2D eigenvalue weighted by Crippen LogP contribution is -2.34. The van der Waals surface area contributed by atoms with E-state index in [0.717, 1.165) is 22.5 Å². The molecule has 25 heavy (non-hydrogen) atoms. The first-order valence-electron chi connectivity index (χ1n) is 8.49. The van der Waals surface area contributed by atoms with Crippen LogP contribution in [-0.2, 0) is 16.0 Å². The van der Waals surface area contributed by atoms with Crippen LogP contribution in [-0.4, -0.2) is 25.0 Å². The summed E-state index contributed by atoms with van der Waals surface area (Å²) in [7, 11) is 0. The van der Waals surface area contributed by atoms with Crippen LogP contribution in [0.1, 0.15) is 24.5 Å². The van der Waals surface area contributed by atoms with Crippen LogP contribution < -0.4 is 15.0 Å². The molecule has 0 aromatic heterocycles. The smallest absolute Gasteiger partial charge is 0.262 e. The predicted molar refractivity (Wildman–Crippen MR) is 98.1 cm³/mol. The number of amides is 2. The molecule has 1 aliphatic rings. The van der Waals surface area contributed by atoms with Gasteiger partial charge in [-0.15, -0.1) is 0 Å². The Morgan fingerprint density at radius 3 is 2.64 bits per heavy atom. The van der Waals surface area contributed by atoms with Gasteiger partial charge >= 0.3 is 0 Å². The maximum atomic E-state index is 12.1. The summed E-state index contributed by atoms with van der Waals surface area (Å²) in [4.78, 5) is 25.8. The fourth-order valence-electron chi connectivity index (χ4n) is 2.96. The monoisotopic (exact) mass is 338 g/mol. The molecule has 3 rings (SSSR count). The molecule has 0 fully saturated rings. The summed E-state index contributed by atoms with van der Waals surface area (Å²) < 4.78 is 5.49. The normalized spacial score (nSPS) is 13.4. The van der Waals surface area contributed by atoms with Gasteiger partial charge < -0.3 is 15.0 Å². The number of anilines is 2. The Morgan fingerprint density at radius 2 is 1.92 bits per heavy atom. The second-order valence-electron chi connectivity index (χ2n) is 6.13. The molecule has 2 amide bonds. The summed E-state index contributed by atoms with van der Waals surface area (Å²) >= 11 is 0. The number of benzene rings is 2. The van der Waals surface area contributed by atoms with Gasteiger partial charge in [-0.05, 0) is 56.2 Å². The summed E-state index contributed by atoms with van der Waals surface area (Å²) in [5.41, 5.74) is 3.89. The molecule has 130 valence electrons. The lowest BCUT2D eigenvalue weighted by Gasteiger charge is -2.28. The Hall–Kier alpha value is -2.82. The van der Waals surface area contributed by atoms with E-state index in [2.05, 4.69) is 5.32 Å². The maximum absolute atomic E-state index is 12.1. The lowest BCUT2D eigenvalue weighted by molar-refractivity contribution is -0.119. The summed E-state index contributed by atoms with van der Waals surface area (Å²) in [5, 5.41) is 2.85. The van der Waals surface area contributed by atoms with Crippen molar-refractivity contribution in [2.45, 2.75) is 26.7 Å². The van der Waals surface area contributed by atoms with Gasteiger partial charge in [0.2, 0.25) is 5.91 Å². The molecule has 1 aliphatic heterocycles. The summed E-state index contributed by atoms with van der Waals surface area (Å²) in [6.07, 6.45) is 1.21. The zero-order valence-corrected chi connectivity index (χ0v) is 14.5. The average molecular weight is 338 g/mol. The van der Waals surface area contributed by atoms with Gasteiger partial charge in [0.25, 0.3) is 5.91 Å². The van der Waals surface area contributed by atoms with Crippen molar-refractivity contribution < 1.29 is 14.3 Å². The third kappa shape index (κ3) is 3.99. The molecule has 0 aliphatic carbocycles. The number of fused-ring (bicyclic) bond motifs is 1. The van der Waals surface area contributed by atoms with Crippen LogP contribution in [0.25, 0.3) is 0 Å². The van der Waals surface area contributed by atoms with Gasteiger partial charge in [0.15, 0.2) is 6.61 Å². The van der Waals surface area contributed by atoms with Gasteiger partial charge in [-0.25, -0.2) is 0 Å². The van der Waals surface area contributed by atoms with Gasteiger partial charge in [0.05, 0.1) is 0 Å². The number of hydrogen-bond acceptors (Lipinski definition) is 3. The van der Waals surface area contributed by atoms with Crippen molar-refractivity contribution in [1.29, 1.82) is 0 Å². The minimum atomic E-state index is -0.209. The maximum Gasteiger partial charge on any atom is 0.262 e. The van der Waals surface area contributed by atoms with Crippen molar-refractivity contribution in [2.24, 2.45) is 0 Å². The molecule has 0 bridgehead atoms. The lowest BCUT2D eigenvalue weighted by atomic mass is 10.0. The number of nitrogens with one attached hydrogen (secondary N) is 1. The number of nitrogens with zero attached hydrogens (tertiary/aromatic N) is 1. The third-order valence-corrected chi connectivity index (χ3v) is 4.27. The number of carbonyl (C=O) groups excluding carboxylic acids is 2. The highest BCUT2D eigenvalue weighted by molar-refractivity contribution is 5.97. The van der Waals surface area contributed by atoms with Crippen LogP contribution in [0.2, 0.25) is 0 Å². The Kier molecular flexibility index (Phi) is 5.03. The largest absolute Gasteiger partial charge is 0.484 e. The van der Waals surface area contributed by atoms with E-state index < -0.39 is 0 Å². The minimum Gasteiger partial charge on any atom is -0.484 e. The van der Waals surface area contributed by atoms with Crippen molar-refractivity contribution in [3.05, 3.63) is 53.6 Å². The molecule has 0 atom stereocenters. The number of carbonyl (C=O) groups is 2. The van der Waals surface area contributed by atoms with E-state index in [1.165, 1.54) is 0 Å². The van der Waals surface area contributed by atoms with Crippen molar-refractivity contribution in [3.63, 3.8) is 0 Å². The van der Waals surface area contributed by atoms with Crippen LogP contribution in [0.3, 0.4) is 0 Å². The SMILES string of the molecule is CCN1C(=O)CCc2cc(NC(=O)COc3ccc(C)cc3)ccc21. The first-order valence-corrected chi connectivity index (χ1v) is 8.49. The first kappa shape index (κ1) is 17.0. The molecule has 5 nitrogen and oxygen atoms in total. The van der Waals surface area contributed by atoms with Crippen LogP contribution >= 0.6 is 0 Å². The van der Waals surface area contributed by atoms with Crippen molar-refractivity contribution in [1.82, 2.24) is 0 Å². The number of aryl methyl sites for hydroxylation is 2. The average Bonchev–Trinajstić information content (AvgIpc) is 2.61. The zero-order chi connectivity index (χ0) is 17.8. The van der Waals surface area contributed by atoms with Crippen LogP contribution in [0.4, 0.5) is 11.4 Å². The zero-order valence-electron chi connectivity index (χ0n) is 14.5. The fraction of sp³-hybridized carbons (Fsp3) is 0.300. The van der Waals surface area contributed by atoms with Gasteiger partial charge in [-0.3, -0.25) is 9.59 Å². The fourth-order valence-corrected chi connectivity index (χ4v) is 2.96. The molecule has 2 aromatic carbocycles. The summed E-state index contributed by atoms with van der Waals surface area (Å²) in [5.74, 6) is 0.612. The quantitative estimate of drug-likeness (QED) is 0.910. The van der Waals surface area contributed by atoms with E-state index in [4.69, 9.17) is 4.74 Å². The van der Waals surface area contributed by atoms with Gasteiger partial charge in [0.1, 0.15) is 5.75 Å². The highest BCUT2D eigenvalue weighted by Crippen LogP contribution is 2.30. The number of ether oxygens (including phenoxy) is 1.